The van der Waals surface area contributed by atoms with E-state index in [0.29, 0.717) is 5.92 Å². The zero-order valence-electron chi connectivity index (χ0n) is 14.9. The number of rotatable bonds is 4. The summed E-state index contributed by atoms with van der Waals surface area (Å²) in [7, 11) is 0. The average molecular weight is 345 g/mol. The number of allylic oxidation sites excluding steroid dienone is 5. The van der Waals surface area contributed by atoms with Crippen LogP contribution in [0.25, 0.3) is 6.08 Å². The van der Waals surface area contributed by atoms with Crippen molar-refractivity contribution in [3.05, 3.63) is 58.7 Å². The van der Waals surface area contributed by atoms with Gasteiger partial charge in [0.15, 0.2) is 0 Å². The summed E-state index contributed by atoms with van der Waals surface area (Å²) in [5.41, 5.74) is 4.57. The Hall–Kier alpha value is -2.82. The van der Waals surface area contributed by atoms with Gasteiger partial charge < -0.3 is 10.0 Å². The van der Waals surface area contributed by atoms with Gasteiger partial charge in [-0.25, -0.2) is 0 Å². The molecule has 1 aliphatic heterocycles. The maximum Gasteiger partial charge on any atom is 0.132 e. The molecule has 132 valence electrons. The van der Waals surface area contributed by atoms with Gasteiger partial charge in [0.25, 0.3) is 0 Å². The summed E-state index contributed by atoms with van der Waals surface area (Å²) in [6.45, 7) is 2.19. The molecule has 4 heteroatoms. The largest absolute Gasteiger partial charge is 0.396 e. The van der Waals surface area contributed by atoms with Crippen LogP contribution in [0.3, 0.4) is 0 Å². The Balaban J connectivity index is 1.69. The molecule has 1 saturated heterocycles. The van der Waals surface area contributed by atoms with E-state index in [-0.39, 0.29) is 12.2 Å². The van der Waals surface area contributed by atoms with Crippen molar-refractivity contribution in [2.24, 2.45) is 5.92 Å². The molecule has 0 radical (unpaired) electrons. The highest BCUT2D eigenvalue weighted by atomic mass is 16.3. The number of nitriles is 2. The molecule has 2 aliphatic rings. The number of nitrogens with zero attached hydrogens (tertiary/aromatic N) is 3. The summed E-state index contributed by atoms with van der Waals surface area (Å²) in [4.78, 5) is 2.32. The Morgan fingerprint density at radius 3 is 2.58 bits per heavy atom. The van der Waals surface area contributed by atoms with Crippen molar-refractivity contribution in [1.29, 1.82) is 10.5 Å². The van der Waals surface area contributed by atoms with Crippen LogP contribution in [0.5, 0.6) is 0 Å². The molecule has 3 rings (SSSR count). The molecular weight excluding hydrogens is 322 g/mol. The first-order chi connectivity index (χ1) is 12.7. The number of aliphatic hydroxyl groups excluding tert-OH is 1. The highest BCUT2D eigenvalue weighted by molar-refractivity contribution is 5.59. The summed E-state index contributed by atoms with van der Waals surface area (Å²) >= 11 is 0. The van der Waals surface area contributed by atoms with Gasteiger partial charge in [-0.1, -0.05) is 30.4 Å². The van der Waals surface area contributed by atoms with Gasteiger partial charge in [-0.2, -0.15) is 10.5 Å². The Bertz CT molecular complexity index is 802. The summed E-state index contributed by atoms with van der Waals surface area (Å²) in [6.07, 6.45) is 9.94. The van der Waals surface area contributed by atoms with E-state index in [0.717, 1.165) is 55.5 Å². The lowest BCUT2D eigenvalue weighted by molar-refractivity contribution is 0.238. The molecule has 0 unspecified atom stereocenters. The van der Waals surface area contributed by atoms with Crippen molar-refractivity contribution in [2.45, 2.75) is 25.7 Å². The van der Waals surface area contributed by atoms with Gasteiger partial charge in [0, 0.05) is 31.3 Å². The molecule has 1 heterocycles. The fraction of sp³-hybridized carbons (Fsp3) is 0.364. The predicted octanol–water partition coefficient (Wildman–Crippen LogP) is 3.97. The van der Waals surface area contributed by atoms with Gasteiger partial charge in [-0.05, 0) is 54.5 Å². The van der Waals surface area contributed by atoms with Crippen LogP contribution in [0.15, 0.2) is 53.1 Å². The lowest BCUT2D eigenvalue weighted by atomic mass is 9.92. The molecule has 0 bridgehead atoms. The molecule has 4 nitrogen and oxygen atoms in total. The van der Waals surface area contributed by atoms with Crippen molar-refractivity contribution in [3.8, 4) is 12.1 Å². The van der Waals surface area contributed by atoms with E-state index >= 15 is 0 Å². The predicted molar refractivity (Wildman–Crippen MR) is 103 cm³/mol. The normalized spacial score (nSPS) is 20.0. The average Bonchev–Trinajstić information content (AvgIpc) is 3.17. The van der Waals surface area contributed by atoms with Crippen LogP contribution in [0.4, 0.5) is 5.69 Å². The summed E-state index contributed by atoms with van der Waals surface area (Å²) in [5.74, 6) is 0.391. The summed E-state index contributed by atoms with van der Waals surface area (Å²) in [6, 6.07) is 12.4. The first-order valence-electron chi connectivity index (χ1n) is 9.11. The van der Waals surface area contributed by atoms with Crippen LogP contribution < -0.4 is 4.90 Å². The fourth-order valence-corrected chi connectivity index (χ4v) is 3.56. The SMILES string of the molecule is N#CC(C#N)=C1C=C(/C=C/c2ccc(N3CC[C@@H](CO)C3)cc2)CCC1. The van der Waals surface area contributed by atoms with Crippen molar-refractivity contribution < 1.29 is 5.11 Å². The van der Waals surface area contributed by atoms with Crippen molar-refractivity contribution in [2.75, 3.05) is 24.6 Å². The Morgan fingerprint density at radius 2 is 1.92 bits per heavy atom. The molecule has 1 aromatic rings. The monoisotopic (exact) mass is 345 g/mol. The second-order valence-corrected chi connectivity index (χ2v) is 6.90. The lowest BCUT2D eigenvalue weighted by Crippen LogP contribution is -2.20. The van der Waals surface area contributed by atoms with E-state index in [1.807, 2.05) is 18.2 Å². The van der Waals surface area contributed by atoms with E-state index in [2.05, 4.69) is 41.3 Å². The third-order valence-electron chi connectivity index (χ3n) is 5.11. The molecule has 26 heavy (non-hydrogen) atoms. The van der Waals surface area contributed by atoms with Crippen molar-refractivity contribution in [3.63, 3.8) is 0 Å². The number of aliphatic hydroxyl groups is 1. The van der Waals surface area contributed by atoms with Gasteiger partial charge in [-0.3, -0.25) is 0 Å². The molecule has 0 aromatic heterocycles. The third-order valence-corrected chi connectivity index (χ3v) is 5.11. The number of benzene rings is 1. The van der Waals surface area contributed by atoms with Gasteiger partial charge >= 0.3 is 0 Å². The minimum atomic E-state index is 0.228. The summed E-state index contributed by atoms with van der Waals surface area (Å²) in [5, 5.41) is 27.3. The van der Waals surface area contributed by atoms with Crippen LogP contribution in [-0.2, 0) is 0 Å². The van der Waals surface area contributed by atoms with Crippen LogP contribution >= 0.6 is 0 Å². The van der Waals surface area contributed by atoms with E-state index < -0.39 is 0 Å². The van der Waals surface area contributed by atoms with Crippen molar-refractivity contribution >= 4 is 11.8 Å². The fourth-order valence-electron chi connectivity index (χ4n) is 3.56. The molecule has 0 spiro atoms. The third kappa shape index (κ3) is 4.23. The number of hydrogen-bond donors (Lipinski definition) is 1. The van der Waals surface area contributed by atoms with Gasteiger partial charge in [-0.15, -0.1) is 0 Å². The van der Waals surface area contributed by atoms with Crippen LogP contribution in [-0.4, -0.2) is 24.8 Å². The number of anilines is 1. The highest BCUT2D eigenvalue weighted by Crippen LogP contribution is 2.27. The molecule has 1 aliphatic carbocycles. The Morgan fingerprint density at radius 1 is 1.15 bits per heavy atom. The van der Waals surface area contributed by atoms with Crippen LogP contribution in [0, 0.1) is 28.6 Å². The van der Waals surface area contributed by atoms with Gasteiger partial charge in [0.05, 0.1) is 0 Å². The topological polar surface area (TPSA) is 71.0 Å². The van der Waals surface area contributed by atoms with E-state index in [4.69, 9.17) is 10.5 Å². The number of hydrogen-bond acceptors (Lipinski definition) is 4. The molecule has 1 N–H and O–H groups in total. The minimum absolute atomic E-state index is 0.228. The highest BCUT2D eigenvalue weighted by Gasteiger charge is 2.21. The molecule has 0 saturated carbocycles. The standard InChI is InChI=1S/C22H23N3O/c23-13-21(14-24)20-3-1-2-18(12-20)5-4-17-6-8-22(9-7-17)25-11-10-19(15-25)16-26/h4-9,12,19,26H,1-3,10-11,15-16H2/b5-4+/t19-/m1/s1. The van der Waals surface area contributed by atoms with Crippen LogP contribution in [0.1, 0.15) is 31.2 Å². The molecule has 1 atom stereocenters. The molecular formula is C22H23N3O. The maximum absolute atomic E-state index is 9.27. The molecule has 1 fully saturated rings. The lowest BCUT2D eigenvalue weighted by Gasteiger charge is -2.18. The smallest absolute Gasteiger partial charge is 0.132 e. The first kappa shape index (κ1) is 18.0. The maximum atomic E-state index is 9.27. The van der Waals surface area contributed by atoms with E-state index in [9.17, 15) is 5.11 Å². The second-order valence-electron chi connectivity index (χ2n) is 6.90. The minimum Gasteiger partial charge on any atom is -0.396 e. The molecule has 0 amide bonds. The van der Waals surface area contributed by atoms with Gasteiger partial charge in [0.2, 0.25) is 0 Å². The zero-order valence-corrected chi connectivity index (χ0v) is 14.9. The quantitative estimate of drug-likeness (QED) is 0.838. The molecule has 1 aromatic carbocycles. The Labute approximate surface area is 155 Å². The van der Waals surface area contributed by atoms with E-state index in [1.165, 1.54) is 5.69 Å². The zero-order chi connectivity index (χ0) is 18.4. The van der Waals surface area contributed by atoms with Crippen LogP contribution in [0.2, 0.25) is 0 Å². The van der Waals surface area contributed by atoms with Gasteiger partial charge in [0.1, 0.15) is 17.7 Å². The first-order valence-corrected chi connectivity index (χ1v) is 9.11. The second kappa shape index (κ2) is 8.52. The van der Waals surface area contributed by atoms with Crippen molar-refractivity contribution in [1.82, 2.24) is 0 Å². The Kier molecular flexibility index (Phi) is 5.89. The summed E-state index contributed by atoms with van der Waals surface area (Å²) < 4.78 is 0. The van der Waals surface area contributed by atoms with E-state index in [1.54, 1.807) is 0 Å².